The fourth-order valence-corrected chi connectivity index (χ4v) is 6.13. The van der Waals surface area contributed by atoms with Crippen molar-refractivity contribution < 1.29 is 55.2 Å². The lowest BCUT2D eigenvalue weighted by atomic mass is 9.90. The van der Waals surface area contributed by atoms with E-state index in [0.29, 0.717) is 41.2 Å². The predicted octanol–water partition coefficient (Wildman–Crippen LogP) is 9.12. The fraction of sp³-hybridized carbons (Fsp3) is 0.350. The zero-order chi connectivity index (χ0) is 39.5. The summed E-state index contributed by atoms with van der Waals surface area (Å²) in [4.78, 5) is 27.9. The number of ether oxygens (including phenoxy) is 3. The molecule has 0 aromatic heterocycles. The normalized spacial score (nSPS) is 16.5. The molecule has 1 heterocycles. The molecule has 0 spiro atoms. The first kappa shape index (κ1) is 40.0. The zero-order valence-corrected chi connectivity index (χ0v) is 30.0. The van der Waals surface area contributed by atoms with Gasteiger partial charge in [-0.25, -0.2) is 4.79 Å². The average Bonchev–Trinajstić information content (AvgIpc) is 3.33. The number of alkyl halides is 6. The number of halogens is 6. The Hall–Kier alpha value is -5.24. The molecule has 1 aliphatic rings. The van der Waals surface area contributed by atoms with Crippen LogP contribution in [0.3, 0.4) is 0 Å². The van der Waals surface area contributed by atoms with Crippen molar-refractivity contribution in [2.45, 2.75) is 83.2 Å². The number of amides is 3. The van der Waals surface area contributed by atoms with Crippen LogP contribution in [-0.4, -0.2) is 46.9 Å². The number of benzene rings is 4. The summed E-state index contributed by atoms with van der Waals surface area (Å²) in [5, 5.41) is 12.8. The van der Waals surface area contributed by atoms with E-state index in [9.17, 15) is 41.0 Å². The molecule has 54 heavy (non-hydrogen) atoms. The molecule has 288 valence electrons. The van der Waals surface area contributed by atoms with Gasteiger partial charge in [-0.2, -0.15) is 26.3 Å². The maximum absolute atomic E-state index is 13.7. The highest BCUT2D eigenvalue weighted by Gasteiger charge is 2.71. The van der Waals surface area contributed by atoms with Crippen molar-refractivity contribution in [3.8, 4) is 23.0 Å². The van der Waals surface area contributed by atoms with Crippen LogP contribution in [0.15, 0.2) is 91.0 Å². The van der Waals surface area contributed by atoms with Crippen LogP contribution in [0.4, 0.5) is 31.1 Å². The van der Waals surface area contributed by atoms with E-state index < -0.39 is 41.0 Å². The second kappa shape index (κ2) is 15.6. The number of carbonyl (C=O) groups is 2. The minimum atomic E-state index is -6.04. The van der Waals surface area contributed by atoms with E-state index in [1.54, 1.807) is 44.2 Å². The van der Waals surface area contributed by atoms with Gasteiger partial charge in [0.1, 0.15) is 35.1 Å². The van der Waals surface area contributed by atoms with E-state index in [1.807, 2.05) is 44.2 Å². The topological polar surface area (TPSA) is 97.3 Å². The van der Waals surface area contributed by atoms with Gasteiger partial charge in [-0.3, -0.25) is 9.69 Å². The largest absolute Gasteiger partial charge is 0.491 e. The molecule has 0 aliphatic carbocycles. The lowest BCUT2D eigenvalue weighted by Crippen LogP contribution is -2.53. The third-order valence-electron chi connectivity index (χ3n) is 9.00. The summed E-state index contributed by atoms with van der Waals surface area (Å²) in [5.74, 6) is 0.614. The van der Waals surface area contributed by atoms with Crippen LogP contribution in [0, 0.1) is 0 Å². The first-order valence-electron chi connectivity index (χ1n) is 17.3. The summed E-state index contributed by atoms with van der Waals surface area (Å²) < 4.78 is 99.7. The van der Waals surface area contributed by atoms with Gasteiger partial charge >= 0.3 is 18.4 Å². The van der Waals surface area contributed by atoms with Gasteiger partial charge in [0, 0.05) is 18.2 Å². The second-order valence-electron chi connectivity index (χ2n) is 13.4. The minimum absolute atomic E-state index is 0.0138. The first-order valence-corrected chi connectivity index (χ1v) is 17.3. The van der Waals surface area contributed by atoms with E-state index >= 15 is 0 Å². The quantitative estimate of drug-likeness (QED) is 0.0984. The Morgan fingerprint density at radius 2 is 1.44 bits per heavy atom. The monoisotopic (exact) mass is 758 g/mol. The van der Waals surface area contributed by atoms with Gasteiger partial charge in [0.2, 0.25) is 0 Å². The van der Waals surface area contributed by atoms with Gasteiger partial charge in [0.15, 0.2) is 0 Å². The Kier molecular flexibility index (Phi) is 11.6. The Morgan fingerprint density at radius 3 is 2.06 bits per heavy atom. The van der Waals surface area contributed by atoms with Gasteiger partial charge in [0.05, 0.1) is 6.10 Å². The van der Waals surface area contributed by atoms with Crippen LogP contribution in [-0.2, 0) is 35.4 Å². The number of imide groups is 1. The maximum Gasteiger partial charge on any atom is 0.430 e. The van der Waals surface area contributed by atoms with Crippen LogP contribution < -0.4 is 19.5 Å². The number of aryl methyl sites for hydroxylation is 1. The molecule has 0 radical (unpaired) electrons. The highest BCUT2D eigenvalue weighted by Crippen LogP contribution is 2.51. The summed E-state index contributed by atoms with van der Waals surface area (Å²) in [6, 6.07) is 22.4. The summed E-state index contributed by atoms with van der Waals surface area (Å²) >= 11 is 0. The van der Waals surface area contributed by atoms with E-state index in [2.05, 4.69) is 5.32 Å². The zero-order valence-electron chi connectivity index (χ0n) is 30.0. The second-order valence-corrected chi connectivity index (χ2v) is 13.4. The minimum Gasteiger partial charge on any atom is -0.491 e. The molecule has 5 rings (SSSR count). The van der Waals surface area contributed by atoms with Crippen molar-refractivity contribution in [3.05, 3.63) is 119 Å². The Labute approximate surface area is 308 Å². The van der Waals surface area contributed by atoms with E-state index in [-0.39, 0.29) is 49.2 Å². The van der Waals surface area contributed by atoms with Crippen molar-refractivity contribution in [1.82, 2.24) is 10.2 Å². The fourth-order valence-electron chi connectivity index (χ4n) is 6.13. The number of aliphatic hydroxyl groups is 1. The first-order chi connectivity index (χ1) is 25.4. The van der Waals surface area contributed by atoms with Crippen LogP contribution in [0.1, 0.15) is 61.9 Å². The summed E-state index contributed by atoms with van der Waals surface area (Å²) in [5.41, 5.74) is -5.78. The molecule has 1 atom stereocenters. The van der Waals surface area contributed by atoms with Gasteiger partial charge in [-0.05, 0) is 86.2 Å². The molecule has 1 fully saturated rings. The molecule has 4 aromatic carbocycles. The van der Waals surface area contributed by atoms with Crippen LogP contribution in [0.25, 0.3) is 0 Å². The molecule has 1 aliphatic heterocycles. The van der Waals surface area contributed by atoms with Crippen molar-refractivity contribution in [1.29, 1.82) is 0 Å². The van der Waals surface area contributed by atoms with Crippen molar-refractivity contribution in [3.63, 3.8) is 0 Å². The summed E-state index contributed by atoms with van der Waals surface area (Å²) in [6.07, 6.45) is -11.6. The van der Waals surface area contributed by atoms with Gasteiger partial charge < -0.3 is 24.6 Å². The van der Waals surface area contributed by atoms with Gasteiger partial charge in [-0.1, -0.05) is 67.9 Å². The van der Waals surface area contributed by atoms with Gasteiger partial charge in [0.25, 0.3) is 11.5 Å². The smallest absolute Gasteiger partial charge is 0.430 e. The number of nitrogens with one attached hydrogen (secondary N) is 1. The number of nitrogens with zero attached hydrogens (tertiary/aromatic N) is 1. The molecule has 0 bridgehead atoms. The van der Waals surface area contributed by atoms with Crippen molar-refractivity contribution in [2.75, 3.05) is 6.54 Å². The molecule has 0 saturated carbocycles. The van der Waals surface area contributed by atoms with Crippen LogP contribution in [0.2, 0.25) is 0 Å². The summed E-state index contributed by atoms with van der Waals surface area (Å²) in [6.45, 7) is 7.21. The molecule has 2 N–H and O–H groups in total. The lowest BCUT2D eigenvalue weighted by molar-refractivity contribution is -0.376. The third-order valence-corrected chi connectivity index (χ3v) is 9.00. The van der Waals surface area contributed by atoms with E-state index in [4.69, 9.17) is 14.2 Å². The highest BCUT2D eigenvalue weighted by molar-refractivity contribution is 6.07. The van der Waals surface area contributed by atoms with E-state index in [0.717, 1.165) is 16.5 Å². The third kappa shape index (κ3) is 8.28. The SMILES string of the molecule is CCCc1cc(C(O)(C(F)(F)F)C(F)(F)F)ccc1Oc1ccc(CCN2C(=O)NC(C)(c3ccc(OC(C)C)cc3)C2=O)c(OCc2ccccc2)c1. The molecule has 14 heteroatoms. The molecule has 1 unspecified atom stereocenters. The molecule has 1 saturated heterocycles. The highest BCUT2D eigenvalue weighted by atomic mass is 19.4. The van der Waals surface area contributed by atoms with E-state index in [1.165, 1.54) is 12.1 Å². The van der Waals surface area contributed by atoms with Crippen molar-refractivity contribution >= 4 is 11.9 Å². The Morgan fingerprint density at radius 1 is 0.796 bits per heavy atom. The van der Waals surface area contributed by atoms with Crippen molar-refractivity contribution in [2.24, 2.45) is 0 Å². The number of urea groups is 1. The number of carbonyl (C=O) groups excluding carboxylic acids is 2. The standard InChI is InChI=1S/C40H40F6N2O6/c1-5-9-28-22-30(38(51,39(41,42)43)40(44,45)46)15-19-33(28)54-32-16-12-27(34(23-32)52-24-26-10-7-6-8-11-26)20-21-48-35(49)37(4,47-36(48)50)29-13-17-31(18-14-29)53-25(2)3/h6-8,10-19,22-23,25,51H,5,9,20-21,24H2,1-4H3,(H,47,50). The van der Waals surface area contributed by atoms with Gasteiger partial charge in [-0.15, -0.1) is 0 Å². The molecular weight excluding hydrogens is 718 g/mol. The maximum atomic E-state index is 13.7. The number of hydrogen-bond acceptors (Lipinski definition) is 6. The Bertz CT molecular complexity index is 1940. The van der Waals surface area contributed by atoms with Crippen LogP contribution >= 0.6 is 0 Å². The molecule has 4 aromatic rings. The summed E-state index contributed by atoms with van der Waals surface area (Å²) in [7, 11) is 0. The molecular formula is C40H40F6N2O6. The lowest BCUT2D eigenvalue weighted by Gasteiger charge is -2.33. The Balaban J connectivity index is 1.40. The molecule has 3 amide bonds. The predicted molar refractivity (Wildman–Crippen MR) is 187 cm³/mol. The average molecular weight is 759 g/mol. The number of rotatable bonds is 14. The number of hydrogen-bond donors (Lipinski definition) is 2. The molecule has 8 nitrogen and oxygen atoms in total. The van der Waals surface area contributed by atoms with Crippen LogP contribution in [0.5, 0.6) is 23.0 Å².